The number of carbonyl (C=O) groups is 1. The van der Waals surface area contributed by atoms with Crippen LogP contribution in [-0.4, -0.2) is 56.1 Å². The summed E-state index contributed by atoms with van der Waals surface area (Å²) in [5, 5.41) is -3.92. The van der Waals surface area contributed by atoms with Crippen molar-refractivity contribution in [2.24, 2.45) is 5.41 Å². The van der Waals surface area contributed by atoms with E-state index >= 15 is 0 Å². The first-order valence-electron chi connectivity index (χ1n) is 3.73. The number of rotatable bonds is 3. The van der Waals surface area contributed by atoms with E-state index in [1.807, 2.05) is 0 Å². The van der Waals surface area contributed by atoms with Crippen molar-refractivity contribution in [3.8, 4) is 0 Å². The SMILES string of the molecule is CC(C)(C)C(=O)OCC(F)(F)S(=O)O.[NaH]. The molecule has 4 nitrogen and oxygen atoms in total. The monoisotopic (exact) mass is 254 g/mol. The molecule has 0 amide bonds. The molecule has 0 bridgehead atoms. The van der Waals surface area contributed by atoms with Gasteiger partial charge in [-0.3, -0.25) is 4.79 Å². The Morgan fingerprint density at radius 3 is 2.07 bits per heavy atom. The van der Waals surface area contributed by atoms with Crippen LogP contribution in [0.5, 0.6) is 0 Å². The van der Waals surface area contributed by atoms with Gasteiger partial charge in [-0.05, 0) is 20.8 Å². The maximum atomic E-state index is 12.5. The molecule has 0 aliphatic carbocycles. The third-order valence-electron chi connectivity index (χ3n) is 1.24. The van der Waals surface area contributed by atoms with E-state index < -0.39 is 34.3 Å². The van der Waals surface area contributed by atoms with Gasteiger partial charge < -0.3 is 9.29 Å². The number of halogens is 2. The summed E-state index contributed by atoms with van der Waals surface area (Å²) >= 11 is -3.33. The summed E-state index contributed by atoms with van der Waals surface area (Å²) in [6, 6.07) is 0. The zero-order valence-electron chi connectivity index (χ0n) is 8.04. The fraction of sp³-hybridized carbons (Fsp3) is 0.857. The molecule has 0 heterocycles. The van der Waals surface area contributed by atoms with E-state index in [0.29, 0.717) is 0 Å². The Balaban J connectivity index is 0. The van der Waals surface area contributed by atoms with E-state index in [4.69, 9.17) is 4.55 Å². The molecule has 0 aliphatic rings. The number of hydrogen-bond donors (Lipinski definition) is 1. The second-order valence-corrected chi connectivity index (χ2v) is 4.81. The van der Waals surface area contributed by atoms with Crippen LogP contribution in [0.25, 0.3) is 0 Å². The van der Waals surface area contributed by atoms with Gasteiger partial charge >= 0.3 is 40.8 Å². The molecule has 0 saturated heterocycles. The van der Waals surface area contributed by atoms with Gasteiger partial charge in [0.2, 0.25) is 11.1 Å². The first-order chi connectivity index (χ1) is 6.07. The predicted octanol–water partition coefficient (Wildman–Crippen LogP) is 0.742. The van der Waals surface area contributed by atoms with Gasteiger partial charge in [-0.2, -0.15) is 8.78 Å². The fourth-order valence-corrected chi connectivity index (χ4v) is 0.576. The van der Waals surface area contributed by atoms with Crippen molar-refractivity contribution in [1.82, 2.24) is 0 Å². The van der Waals surface area contributed by atoms with E-state index in [0.717, 1.165) is 0 Å². The summed E-state index contributed by atoms with van der Waals surface area (Å²) in [7, 11) is 0. The van der Waals surface area contributed by atoms with Gasteiger partial charge in [-0.1, -0.05) is 0 Å². The van der Waals surface area contributed by atoms with Crippen LogP contribution < -0.4 is 0 Å². The molecule has 1 unspecified atom stereocenters. The van der Waals surface area contributed by atoms with Crippen molar-refractivity contribution in [2.45, 2.75) is 26.0 Å². The van der Waals surface area contributed by atoms with Crippen LogP contribution in [0.4, 0.5) is 8.78 Å². The van der Waals surface area contributed by atoms with Crippen molar-refractivity contribution >= 4 is 46.6 Å². The van der Waals surface area contributed by atoms with Crippen LogP contribution in [0.15, 0.2) is 0 Å². The van der Waals surface area contributed by atoms with Gasteiger partial charge in [0.1, 0.15) is 0 Å². The Bertz CT molecular complexity index is 252. The normalized spacial score (nSPS) is 14.0. The van der Waals surface area contributed by atoms with Crippen LogP contribution >= 0.6 is 0 Å². The molecule has 0 rings (SSSR count). The Morgan fingerprint density at radius 1 is 1.40 bits per heavy atom. The van der Waals surface area contributed by atoms with Crippen molar-refractivity contribution in [3.63, 3.8) is 0 Å². The van der Waals surface area contributed by atoms with Gasteiger partial charge in [-0.15, -0.1) is 0 Å². The number of carbonyl (C=O) groups excluding carboxylic acids is 1. The molecule has 8 heteroatoms. The molecule has 1 N–H and O–H groups in total. The van der Waals surface area contributed by atoms with Crippen molar-refractivity contribution in [1.29, 1.82) is 0 Å². The van der Waals surface area contributed by atoms with Gasteiger partial charge in [-0.25, -0.2) is 4.21 Å². The number of alkyl halides is 2. The fourth-order valence-electron chi connectivity index (χ4n) is 0.416. The molecule has 0 fully saturated rings. The summed E-state index contributed by atoms with van der Waals surface area (Å²) in [6.07, 6.45) is 0. The standard InChI is InChI=1S/C7H12F2O4S.Na.H/c1-6(2,3)5(10)13-4-7(8,9)14(11)12;;/h4H2,1-3H3,(H,11,12);;. The van der Waals surface area contributed by atoms with E-state index in [2.05, 4.69) is 4.74 Å². The summed E-state index contributed by atoms with van der Waals surface area (Å²) in [5.41, 5.74) is -0.910. The molecular weight excluding hydrogens is 241 g/mol. The van der Waals surface area contributed by atoms with Crippen LogP contribution in [0.2, 0.25) is 0 Å². The average molecular weight is 254 g/mol. The van der Waals surface area contributed by atoms with E-state index in [1.54, 1.807) is 0 Å². The Kier molecular flexibility index (Phi) is 7.42. The van der Waals surface area contributed by atoms with Crippen LogP contribution in [0, 0.1) is 5.41 Å². The molecule has 0 aromatic heterocycles. The van der Waals surface area contributed by atoms with Crippen LogP contribution in [-0.2, 0) is 20.6 Å². The Hall–Kier alpha value is 0.440. The summed E-state index contributed by atoms with van der Waals surface area (Å²) in [4.78, 5) is 11.0. The topological polar surface area (TPSA) is 63.6 Å². The zero-order chi connectivity index (χ0) is 11.6. The quantitative estimate of drug-likeness (QED) is 0.458. The number of ether oxygens (including phenoxy) is 1. The second kappa shape index (κ2) is 6.24. The molecule has 0 aliphatic heterocycles. The van der Waals surface area contributed by atoms with Crippen LogP contribution in [0.3, 0.4) is 0 Å². The summed E-state index contributed by atoms with van der Waals surface area (Å²) in [6.45, 7) is 3.09. The summed E-state index contributed by atoms with van der Waals surface area (Å²) < 4.78 is 47.3. The summed E-state index contributed by atoms with van der Waals surface area (Å²) in [5.74, 6) is -0.845. The Morgan fingerprint density at radius 2 is 1.80 bits per heavy atom. The first kappa shape index (κ1) is 17.8. The first-order valence-corrected chi connectivity index (χ1v) is 4.84. The van der Waals surface area contributed by atoms with E-state index in [-0.39, 0.29) is 29.6 Å². The molecule has 0 saturated carbocycles. The number of esters is 1. The molecule has 0 radical (unpaired) electrons. The van der Waals surface area contributed by atoms with Gasteiger partial charge in [0.05, 0.1) is 5.41 Å². The zero-order valence-corrected chi connectivity index (χ0v) is 8.86. The molecular formula is C7H13F2NaO4S. The molecule has 0 spiro atoms. The van der Waals surface area contributed by atoms with E-state index in [1.165, 1.54) is 20.8 Å². The minimum absolute atomic E-state index is 0. The molecule has 1 atom stereocenters. The number of hydrogen-bond acceptors (Lipinski definition) is 3. The van der Waals surface area contributed by atoms with Crippen LogP contribution in [0.1, 0.15) is 20.8 Å². The van der Waals surface area contributed by atoms with Crippen molar-refractivity contribution in [2.75, 3.05) is 6.61 Å². The van der Waals surface area contributed by atoms with Gasteiger partial charge in [0, 0.05) is 0 Å². The maximum absolute atomic E-state index is 12.5. The third kappa shape index (κ3) is 6.57. The Labute approximate surface area is 111 Å². The van der Waals surface area contributed by atoms with Gasteiger partial charge in [0.15, 0.2) is 6.61 Å². The molecule has 86 valence electrons. The molecule has 0 aromatic rings. The molecule has 0 aromatic carbocycles. The second-order valence-electron chi connectivity index (χ2n) is 3.71. The average Bonchev–Trinajstić information content (AvgIpc) is 1.98. The predicted molar refractivity (Wildman–Crippen MR) is 53.3 cm³/mol. The third-order valence-corrected chi connectivity index (χ3v) is 1.87. The van der Waals surface area contributed by atoms with Crippen molar-refractivity contribution in [3.05, 3.63) is 0 Å². The van der Waals surface area contributed by atoms with Gasteiger partial charge in [0.25, 0.3) is 0 Å². The minimum atomic E-state index is -3.92. The van der Waals surface area contributed by atoms with E-state index in [9.17, 15) is 17.8 Å². The molecule has 15 heavy (non-hydrogen) atoms. The van der Waals surface area contributed by atoms with Crippen molar-refractivity contribution < 1.29 is 27.1 Å².